The number of anilines is 1. The lowest BCUT2D eigenvalue weighted by molar-refractivity contribution is -0.117. The number of nitrogens with zero attached hydrogens (tertiary/aromatic N) is 3. The van der Waals surface area contributed by atoms with E-state index in [1.807, 2.05) is 16.7 Å². The highest BCUT2D eigenvalue weighted by molar-refractivity contribution is 9.10. The molecule has 30 heavy (non-hydrogen) atoms. The molecule has 1 saturated carbocycles. The quantitative estimate of drug-likeness (QED) is 0.563. The normalized spacial score (nSPS) is 20.3. The smallest absolute Gasteiger partial charge is 0.228 e. The van der Waals surface area contributed by atoms with Gasteiger partial charge in [0.15, 0.2) is 5.82 Å². The van der Waals surface area contributed by atoms with Crippen LogP contribution in [0.1, 0.15) is 43.0 Å². The largest absolute Gasteiger partial charge is 0.326 e. The van der Waals surface area contributed by atoms with E-state index in [2.05, 4.69) is 43.6 Å². The molecule has 2 heterocycles. The van der Waals surface area contributed by atoms with Crippen LogP contribution in [0.2, 0.25) is 0 Å². The number of hydrogen-bond donors (Lipinski definition) is 1. The molecule has 5 rings (SSSR count). The number of rotatable bonds is 4. The van der Waals surface area contributed by atoms with Crippen molar-refractivity contribution in [2.75, 3.05) is 5.32 Å². The highest BCUT2D eigenvalue weighted by Crippen LogP contribution is 2.48. The summed E-state index contributed by atoms with van der Waals surface area (Å²) in [7, 11) is 0. The molecule has 1 aromatic heterocycles. The predicted octanol–water partition coefficient (Wildman–Crippen LogP) is 5.32. The maximum atomic E-state index is 14.6. The molecule has 1 aliphatic carbocycles. The van der Waals surface area contributed by atoms with Crippen LogP contribution < -0.4 is 5.32 Å². The van der Waals surface area contributed by atoms with E-state index in [1.54, 1.807) is 12.1 Å². The van der Waals surface area contributed by atoms with E-state index in [0.29, 0.717) is 17.1 Å². The lowest BCUT2D eigenvalue weighted by Gasteiger charge is -2.10. The Morgan fingerprint density at radius 2 is 1.93 bits per heavy atom. The van der Waals surface area contributed by atoms with Crippen molar-refractivity contribution in [1.29, 1.82) is 0 Å². The first-order valence-electron chi connectivity index (χ1n) is 10.4. The lowest BCUT2D eigenvalue weighted by Crippen LogP contribution is -2.15. The van der Waals surface area contributed by atoms with Crippen LogP contribution in [0, 0.1) is 11.7 Å². The molecule has 2 unspecified atom stereocenters. The van der Waals surface area contributed by atoms with Gasteiger partial charge < -0.3 is 9.88 Å². The Hall–Kier alpha value is -2.54. The second-order valence-electron chi connectivity index (χ2n) is 8.09. The van der Waals surface area contributed by atoms with Crippen LogP contribution >= 0.6 is 15.9 Å². The van der Waals surface area contributed by atoms with E-state index in [4.69, 9.17) is 0 Å². The van der Waals surface area contributed by atoms with Crippen molar-refractivity contribution in [3.05, 3.63) is 64.1 Å². The van der Waals surface area contributed by atoms with Crippen LogP contribution in [0.5, 0.6) is 0 Å². The number of carbonyl (C=O) groups excluding carboxylic acids is 1. The van der Waals surface area contributed by atoms with Crippen LogP contribution in [-0.2, 0) is 17.8 Å². The fourth-order valence-corrected chi connectivity index (χ4v) is 4.52. The zero-order valence-electron chi connectivity index (χ0n) is 16.4. The molecule has 0 bridgehead atoms. The van der Waals surface area contributed by atoms with E-state index in [1.165, 1.54) is 11.6 Å². The molecular formula is C23H22BrFN4O. The Labute approximate surface area is 182 Å². The number of fused-ring (bicyclic) bond motifs is 1. The average molecular weight is 469 g/mol. The molecule has 1 aliphatic heterocycles. The summed E-state index contributed by atoms with van der Waals surface area (Å²) in [5.74, 6) is 1.26. The van der Waals surface area contributed by atoms with Gasteiger partial charge in [-0.1, -0.05) is 34.5 Å². The molecule has 0 radical (unpaired) electrons. The van der Waals surface area contributed by atoms with E-state index in [0.717, 1.165) is 48.9 Å². The Balaban J connectivity index is 1.34. The van der Waals surface area contributed by atoms with Gasteiger partial charge in [0.05, 0.1) is 5.56 Å². The Morgan fingerprint density at radius 3 is 2.77 bits per heavy atom. The van der Waals surface area contributed by atoms with Crippen LogP contribution in [0.3, 0.4) is 0 Å². The number of aryl methyl sites for hydroxylation is 1. The summed E-state index contributed by atoms with van der Waals surface area (Å²) in [6, 6.07) is 12.8. The molecule has 2 aromatic carbocycles. The number of amides is 1. The zero-order chi connectivity index (χ0) is 20.7. The molecule has 3 aromatic rings. The van der Waals surface area contributed by atoms with E-state index in [9.17, 15) is 9.18 Å². The summed E-state index contributed by atoms with van der Waals surface area (Å²) in [5, 5.41) is 11.5. The first kappa shape index (κ1) is 19.4. The standard InChI is InChI=1S/C23H22BrFN4O/c24-15-7-5-14(6-8-15)17-13-18(17)23(30)26-16-9-10-20(25)19(12-16)22-28-27-21-4-2-1-3-11-29(21)22/h5-10,12,17-18H,1-4,11,13H2,(H,26,30). The van der Waals surface area contributed by atoms with Crippen molar-refractivity contribution in [3.8, 4) is 11.4 Å². The minimum absolute atomic E-state index is 0.0273. The fourth-order valence-electron chi connectivity index (χ4n) is 4.26. The summed E-state index contributed by atoms with van der Waals surface area (Å²) in [6.45, 7) is 0.796. The van der Waals surface area contributed by atoms with Crippen molar-refractivity contribution in [1.82, 2.24) is 14.8 Å². The molecule has 2 atom stereocenters. The van der Waals surface area contributed by atoms with Gasteiger partial charge in [-0.25, -0.2) is 4.39 Å². The van der Waals surface area contributed by atoms with E-state index >= 15 is 0 Å². The van der Waals surface area contributed by atoms with Crippen LogP contribution in [0.4, 0.5) is 10.1 Å². The summed E-state index contributed by atoms with van der Waals surface area (Å²) in [4.78, 5) is 12.7. The second kappa shape index (κ2) is 7.95. The van der Waals surface area contributed by atoms with Gasteiger partial charge in [-0.3, -0.25) is 4.79 Å². The third-order valence-electron chi connectivity index (χ3n) is 6.01. The third-order valence-corrected chi connectivity index (χ3v) is 6.54. The van der Waals surface area contributed by atoms with Crippen molar-refractivity contribution in [2.24, 2.45) is 5.92 Å². The van der Waals surface area contributed by atoms with Gasteiger partial charge >= 0.3 is 0 Å². The highest BCUT2D eigenvalue weighted by atomic mass is 79.9. The number of carbonyl (C=O) groups is 1. The first-order valence-corrected chi connectivity index (χ1v) is 11.2. The number of hydrogen-bond acceptors (Lipinski definition) is 3. The molecule has 0 spiro atoms. The maximum absolute atomic E-state index is 14.6. The number of benzene rings is 2. The third kappa shape index (κ3) is 3.78. The Bertz CT molecular complexity index is 1100. The highest BCUT2D eigenvalue weighted by Gasteiger charge is 2.43. The summed E-state index contributed by atoms with van der Waals surface area (Å²) < 4.78 is 17.7. The van der Waals surface area contributed by atoms with Crippen molar-refractivity contribution in [3.63, 3.8) is 0 Å². The number of nitrogens with one attached hydrogen (secondary N) is 1. The van der Waals surface area contributed by atoms with Gasteiger partial charge in [0.25, 0.3) is 0 Å². The van der Waals surface area contributed by atoms with Gasteiger partial charge in [0.2, 0.25) is 5.91 Å². The van der Waals surface area contributed by atoms with Crippen molar-refractivity contribution >= 4 is 27.5 Å². The Kier molecular flexibility index (Phi) is 5.15. The topological polar surface area (TPSA) is 59.8 Å². The SMILES string of the molecule is O=C(Nc1ccc(F)c(-c2nnc3n2CCCCC3)c1)C1CC1c1ccc(Br)cc1. The molecule has 1 N–H and O–H groups in total. The predicted molar refractivity (Wildman–Crippen MR) is 117 cm³/mol. The zero-order valence-corrected chi connectivity index (χ0v) is 18.0. The van der Waals surface area contributed by atoms with E-state index in [-0.39, 0.29) is 23.6 Å². The van der Waals surface area contributed by atoms with Crippen LogP contribution in [-0.4, -0.2) is 20.7 Å². The van der Waals surface area contributed by atoms with Gasteiger partial charge in [0, 0.05) is 29.0 Å². The minimum Gasteiger partial charge on any atom is -0.326 e. The van der Waals surface area contributed by atoms with Crippen LogP contribution in [0.15, 0.2) is 46.9 Å². The summed E-state index contributed by atoms with van der Waals surface area (Å²) in [6.07, 6.45) is 4.96. The Morgan fingerprint density at radius 1 is 1.10 bits per heavy atom. The molecule has 1 fully saturated rings. The maximum Gasteiger partial charge on any atom is 0.228 e. The monoisotopic (exact) mass is 468 g/mol. The fraction of sp³-hybridized carbons (Fsp3) is 0.348. The molecule has 5 nitrogen and oxygen atoms in total. The molecular weight excluding hydrogens is 447 g/mol. The molecule has 154 valence electrons. The lowest BCUT2D eigenvalue weighted by atomic mass is 10.1. The second-order valence-corrected chi connectivity index (χ2v) is 9.00. The first-order chi connectivity index (χ1) is 14.6. The number of aromatic nitrogens is 3. The molecule has 1 amide bonds. The van der Waals surface area contributed by atoms with Crippen molar-refractivity contribution < 1.29 is 9.18 Å². The van der Waals surface area contributed by atoms with Gasteiger partial charge in [-0.15, -0.1) is 10.2 Å². The minimum atomic E-state index is -0.355. The summed E-state index contributed by atoms with van der Waals surface area (Å²) in [5.41, 5.74) is 2.14. The van der Waals surface area contributed by atoms with Gasteiger partial charge in [0.1, 0.15) is 11.6 Å². The average Bonchev–Trinajstić information content (AvgIpc) is 3.50. The molecule has 0 saturated heterocycles. The van der Waals surface area contributed by atoms with Crippen LogP contribution in [0.25, 0.3) is 11.4 Å². The number of halogens is 2. The van der Waals surface area contributed by atoms with Gasteiger partial charge in [-0.2, -0.15) is 0 Å². The van der Waals surface area contributed by atoms with E-state index < -0.39 is 0 Å². The summed E-state index contributed by atoms with van der Waals surface area (Å²) >= 11 is 3.44. The van der Waals surface area contributed by atoms with Crippen molar-refractivity contribution in [2.45, 2.75) is 44.6 Å². The molecule has 2 aliphatic rings. The van der Waals surface area contributed by atoms with Gasteiger partial charge in [-0.05, 0) is 61.1 Å². The molecule has 7 heteroatoms.